The van der Waals surface area contributed by atoms with Gasteiger partial charge >= 0.3 is 5.97 Å². The molecule has 0 aliphatic heterocycles. The number of methoxy groups -OCH3 is 1. The van der Waals surface area contributed by atoms with Crippen molar-refractivity contribution in [3.05, 3.63) is 29.8 Å². The quantitative estimate of drug-likeness (QED) is 0.574. The maximum atomic E-state index is 13.0. The molecule has 6 nitrogen and oxygen atoms in total. The van der Waals surface area contributed by atoms with Gasteiger partial charge in [0.25, 0.3) is 5.91 Å². The van der Waals surface area contributed by atoms with Gasteiger partial charge < -0.3 is 19.3 Å². The van der Waals surface area contributed by atoms with Crippen LogP contribution in [0, 0.1) is 0 Å². The second kappa shape index (κ2) is 11.5. The van der Waals surface area contributed by atoms with Crippen molar-refractivity contribution in [3.63, 3.8) is 0 Å². The fraction of sp³-hybridized carbons (Fsp3) is 0.579. The second-order valence-electron chi connectivity index (χ2n) is 5.57. The smallest absolute Gasteiger partial charge is 0.307 e. The van der Waals surface area contributed by atoms with Crippen molar-refractivity contribution in [3.8, 4) is 5.75 Å². The summed E-state index contributed by atoms with van der Waals surface area (Å²) in [6.07, 6.45) is 0.187. The van der Waals surface area contributed by atoms with Crippen LogP contribution >= 0.6 is 0 Å². The minimum Gasteiger partial charge on any atom is -0.496 e. The molecular weight excluding hydrogens is 320 g/mol. The first-order valence-electron chi connectivity index (χ1n) is 8.87. The Morgan fingerprint density at radius 3 is 2.28 bits per heavy atom. The maximum absolute atomic E-state index is 13.0. The number of hydrogen-bond donors (Lipinski definition) is 0. The van der Waals surface area contributed by atoms with Gasteiger partial charge in [0.15, 0.2) is 0 Å². The summed E-state index contributed by atoms with van der Waals surface area (Å²) < 4.78 is 10.3. The summed E-state index contributed by atoms with van der Waals surface area (Å²) >= 11 is 0. The molecule has 1 aromatic rings. The third-order valence-corrected chi connectivity index (χ3v) is 4.10. The van der Waals surface area contributed by atoms with Crippen LogP contribution in [-0.4, -0.2) is 68.1 Å². The first-order valence-corrected chi connectivity index (χ1v) is 8.87. The van der Waals surface area contributed by atoms with E-state index in [1.54, 1.807) is 31.1 Å². The topological polar surface area (TPSA) is 59.1 Å². The van der Waals surface area contributed by atoms with Gasteiger partial charge in [-0.1, -0.05) is 26.0 Å². The third kappa shape index (κ3) is 6.74. The molecule has 0 spiro atoms. The molecule has 0 atom stereocenters. The van der Waals surface area contributed by atoms with Gasteiger partial charge in [-0.3, -0.25) is 9.59 Å². The second-order valence-corrected chi connectivity index (χ2v) is 5.57. The van der Waals surface area contributed by atoms with Crippen LogP contribution in [0.3, 0.4) is 0 Å². The SMILES string of the molecule is CCOC(=O)CCN(CCN(CC)CC)C(=O)c1ccccc1OC. The van der Waals surface area contributed by atoms with E-state index in [0.717, 1.165) is 19.6 Å². The number of esters is 1. The third-order valence-electron chi connectivity index (χ3n) is 4.10. The van der Waals surface area contributed by atoms with Crippen LogP contribution < -0.4 is 4.74 Å². The van der Waals surface area contributed by atoms with Crippen LogP contribution in [0.4, 0.5) is 0 Å². The van der Waals surface area contributed by atoms with Gasteiger partial charge in [-0.05, 0) is 32.1 Å². The molecule has 0 N–H and O–H groups in total. The van der Waals surface area contributed by atoms with Crippen molar-refractivity contribution in [2.75, 3.05) is 46.4 Å². The summed E-state index contributed by atoms with van der Waals surface area (Å²) in [5.41, 5.74) is 0.508. The van der Waals surface area contributed by atoms with Crippen LogP contribution in [0.15, 0.2) is 24.3 Å². The van der Waals surface area contributed by atoms with E-state index in [2.05, 4.69) is 18.7 Å². The number of nitrogens with zero attached hydrogens (tertiary/aromatic N) is 2. The predicted octanol–water partition coefficient (Wildman–Crippen LogP) is 2.43. The Labute approximate surface area is 150 Å². The van der Waals surface area contributed by atoms with Crippen molar-refractivity contribution < 1.29 is 19.1 Å². The van der Waals surface area contributed by atoms with Crippen LogP contribution in [-0.2, 0) is 9.53 Å². The molecule has 0 saturated heterocycles. The average molecular weight is 350 g/mol. The summed E-state index contributed by atoms with van der Waals surface area (Å²) in [7, 11) is 1.55. The normalized spacial score (nSPS) is 10.6. The fourth-order valence-electron chi connectivity index (χ4n) is 2.57. The number of amides is 1. The highest BCUT2D eigenvalue weighted by molar-refractivity contribution is 5.97. The molecule has 140 valence electrons. The zero-order valence-corrected chi connectivity index (χ0v) is 15.8. The molecule has 1 rings (SSSR count). The van der Waals surface area contributed by atoms with Gasteiger partial charge in [0.05, 0.1) is 25.7 Å². The Hall–Kier alpha value is -2.08. The van der Waals surface area contributed by atoms with Crippen molar-refractivity contribution >= 4 is 11.9 Å². The van der Waals surface area contributed by atoms with Gasteiger partial charge in [-0.15, -0.1) is 0 Å². The molecule has 0 bridgehead atoms. The maximum Gasteiger partial charge on any atom is 0.307 e. The minimum absolute atomic E-state index is 0.131. The van der Waals surface area contributed by atoms with Crippen molar-refractivity contribution in [2.24, 2.45) is 0 Å². The summed E-state index contributed by atoms with van der Waals surface area (Å²) in [4.78, 5) is 28.6. The molecule has 0 aliphatic carbocycles. The minimum atomic E-state index is -0.289. The summed E-state index contributed by atoms with van der Waals surface area (Å²) in [6.45, 7) is 9.79. The molecule has 0 saturated carbocycles. The molecule has 0 unspecified atom stereocenters. The molecule has 0 heterocycles. The number of benzene rings is 1. The Bertz CT molecular complexity index is 544. The van der Waals surface area contributed by atoms with E-state index in [4.69, 9.17) is 9.47 Å². The Morgan fingerprint density at radius 2 is 1.68 bits per heavy atom. The van der Waals surface area contributed by atoms with E-state index in [9.17, 15) is 9.59 Å². The number of carbonyl (C=O) groups is 2. The highest BCUT2D eigenvalue weighted by atomic mass is 16.5. The van der Waals surface area contributed by atoms with Gasteiger partial charge in [0, 0.05) is 19.6 Å². The molecule has 1 amide bonds. The summed E-state index contributed by atoms with van der Waals surface area (Å²) in [6, 6.07) is 7.15. The van der Waals surface area contributed by atoms with E-state index in [1.165, 1.54) is 0 Å². The predicted molar refractivity (Wildman–Crippen MR) is 97.9 cm³/mol. The number of rotatable bonds is 11. The fourth-order valence-corrected chi connectivity index (χ4v) is 2.57. The first kappa shape index (κ1) is 21.0. The molecule has 0 aliphatic rings. The zero-order valence-electron chi connectivity index (χ0n) is 15.8. The van der Waals surface area contributed by atoms with Crippen molar-refractivity contribution in [1.29, 1.82) is 0 Å². The number of carbonyl (C=O) groups excluding carboxylic acids is 2. The lowest BCUT2D eigenvalue weighted by Gasteiger charge is -2.27. The monoisotopic (exact) mass is 350 g/mol. The molecule has 0 radical (unpaired) electrons. The van der Waals surface area contributed by atoms with Gasteiger partial charge in [0.2, 0.25) is 0 Å². The van der Waals surface area contributed by atoms with E-state index >= 15 is 0 Å². The molecule has 25 heavy (non-hydrogen) atoms. The number of hydrogen-bond acceptors (Lipinski definition) is 5. The Kier molecular flexibility index (Phi) is 9.62. The lowest BCUT2D eigenvalue weighted by Crippen LogP contribution is -2.40. The van der Waals surface area contributed by atoms with E-state index in [-0.39, 0.29) is 18.3 Å². The zero-order chi connectivity index (χ0) is 18.7. The van der Waals surface area contributed by atoms with Crippen LogP contribution in [0.5, 0.6) is 5.75 Å². The van der Waals surface area contributed by atoms with Crippen molar-refractivity contribution in [1.82, 2.24) is 9.80 Å². The average Bonchev–Trinajstić information content (AvgIpc) is 2.64. The van der Waals surface area contributed by atoms with Gasteiger partial charge in [0.1, 0.15) is 5.75 Å². The lowest BCUT2D eigenvalue weighted by molar-refractivity contribution is -0.143. The van der Waals surface area contributed by atoms with Crippen molar-refractivity contribution in [2.45, 2.75) is 27.2 Å². The number of para-hydroxylation sites is 1. The molecule has 6 heteroatoms. The number of likely N-dealkylation sites (N-methyl/N-ethyl adjacent to an activating group) is 1. The highest BCUT2D eigenvalue weighted by Crippen LogP contribution is 2.19. The molecule has 0 fully saturated rings. The van der Waals surface area contributed by atoms with Crippen LogP contribution in [0.2, 0.25) is 0 Å². The molecule has 0 aromatic heterocycles. The lowest BCUT2D eigenvalue weighted by atomic mass is 10.1. The largest absolute Gasteiger partial charge is 0.496 e. The number of ether oxygens (including phenoxy) is 2. The Morgan fingerprint density at radius 1 is 1.00 bits per heavy atom. The Balaban J connectivity index is 2.87. The van der Waals surface area contributed by atoms with Crippen LogP contribution in [0.1, 0.15) is 37.6 Å². The highest BCUT2D eigenvalue weighted by Gasteiger charge is 2.20. The first-order chi connectivity index (χ1) is 12.1. The van der Waals surface area contributed by atoms with E-state index < -0.39 is 0 Å². The van der Waals surface area contributed by atoms with Crippen LogP contribution in [0.25, 0.3) is 0 Å². The molecule has 1 aromatic carbocycles. The van der Waals surface area contributed by atoms with E-state index in [0.29, 0.717) is 31.0 Å². The summed E-state index contributed by atoms with van der Waals surface area (Å²) in [5.74, 6) is 0.119. The van der Waals surface area contributed by atoms with Gasteiger partial charge in [-0.2, -0.15) is 0 Å². The standard InChI is InChI=1S/C19H30N2O4/c1-5-20(6-2)14-15-21(13-12-18(22)25-7-3)19(23)16-10-8-9-11-17(16)24-4/h8-11H,5-7,12-15H2,1-4H3. The van der Waals surface area contributed by atoms with Gasteiger partial charge in [-0.25, -0.2) is 0 Å². The summed E-state index contributed by atoms with van der Waals surface area (Å²) in [5, 5.41) is 0. The molecular formula is C19H30N2O4. The van der Waals surface area contributed by atoms with E-state index in [1.807, 2.05) is 12.1 Å².